The molecule has 4 heteroatoms. The standard InChI is InChI=1S/C12H16FNO2/c1-14-7-9-2-3-12(11(13)6-9)16-10-4-5-15-8-10/h2-3,6,10,14H,4-5,7-8H2,1H3. The van der Waals surface area contributed by atoms with Crippen molar-refractivity contribution in [3.05, 3.63) is 29.6 Å². The molecular weight excluding hydrogens is 209 g/mol. The van der Waals surface area contributed by atoms with Crippen LogP contribution in [0.4, 0.5) is 4.39 Å². The van der Waals surface area contributed by atoms with Crippen molar-refractivity contribution >= 4 is 0 Å². The number of nitrogens with one attached hydrogen (secondary N) is 1. The van der Waals surface area contributed by atoms with E-state index in [0.717, 1.165) is 12.0 Å². The van der Waals surface area contributed by atoms with Crippen LogP contribution in [0.5, 0.6) is 5.75 Å². The minimum Gasteiger partial charge on any atom is -0.485 e. The number of rotatable bonds is 4. The molecule has 16 heavy (non-hydrogen) atoms. The van der Waals surface area contributed by atoms with Crippen molar-refractivity contribution in [2.75, 3.05) is 20.3 Å². The van der Waals surface area contributed by atoms with Crippen molar-refractivity contribution in [2.45, 2.75) is 19.1 Å². The van der Waals surface area contributed by atoms with Crippen molar-refractivity contribution < 1.29 is 13.9 Å². The second kappa shape index (κ2) is 5.27. The molecule has 1 saturated heterocycles. The molecule has 1 fully saturated rings. The van der Waals surface area contributed by atoms with Gasteiger partial charge >= 0.3 is 0 Å². The lowest BCUT2D eigenvalue weighted by Gasteiger charge is -2.13. The molecule has 0 aliphatic carbocycles. The molecule has 1 aliphatic rings. The summed E-state index contributed by atoms with van der Waals surface area (Å²) >= 11 is 0. The van der Waals surface area contributed by atoms with Crippen LogP contribution in [-0.4, -0.2) is 26.4 Å². The zero-order valence-electron chi connectivity index (χ0n) is 9.33. The summed E-state index contributed by atoms with van der Waals surface area (Å²) in [6.07, 6.45) is 0.821. The van der Waals surface area contributed by atoms with E-state index in [1.54, 1.807) is 6.07 Å². The highest BCUT2D eigenvalue weighted by molar-refractivity contribution is 5.29. The summed E-state index contributed by atoms with van der Waals surface area (Å²) in [5.41, 5.74) is 0.912. The molecule has 1 aromatic carbocycles. The molecule has 1 N–H and O–H groups in total. The maximum atomic E-state index is 13.6. The largest absolute Gasteiger partial charge is 0.485 e. The van der Waals surface area contributed by atoms with Gasteiger partial charge in [0, 0.05) is 13.0 Å². The van der Waals surface area contributed by atoms with Crippen LogP contribution in [0.2, 0.25) is 0 Å². The van der Waals surface area contributed by atoms with Gasteiger partial charge < -0.3 is 14.8 Å². The van der Waals surface area contributed by atoms with E-state index in [-0.39, 0.29) is 11.9 Å². The van der Waals surface area contributed by atoms with Gasteiger partial charge in [0.1, 0.15) is 6.10 Å². The predicted octanol–water partition coefficient (Wildman–Crippen LogP) is 1.71. The Kier molecular flexibility index (Phi) is 3.74. The van der Waals surface area contributed by atoms with E-state index in [1.165, 1.54) is 6.07 Å². The molecule has 1 unspecified atom stereocenters. The fourth-order valence-electron chi connectivity index (χ4n) is 1.74. The van der Waals surface area contributed by atoms with E-state index in [0.29, 0.717) is 25.5 Å². The first-order valence-electron chi connectivity index (χ1n) is 5.47. The predicted molar refractivity (Wildman–Crippen MR) is 59.0 cm³/mol. The van der Waals surface area contributed by atoms with Crippen LogP contribution in [0.15, 0.2) is 18.2 Å². The monoisotopic (exact) mass is 225 g/mol. The van der Waals surface area contributed by atoms with Crippen LogP contribution in [0.1, 0.15) is 12.0 Å². The minimum atomic E-state index is -0.306. The van der Waals surface area contributed by atoms with Crippen LogP contribution >= 0.6 is 0 Å². The lowest BCUT2D eigenvalue weighted by atomic mass is 10.2. The molecular formula is C12H16FNO2. The topological polar surface area (TPSA) is 30.5 Å². The van der Waals surface area contributed by atoms with Crippen LogP contribution in [-0.2, 0) is 11.3 Å². The van der Waals surface area contributed by atoms with E-state index >= 15 is 0 Å². The van der Waals surface area contributed by atoms with E-state index in [2.05, 4.69) is 5.32 Å². The van der Waals surface area contributed by atoms with E-state index < -0.39 is 0 Å². The third-order valence-electron chi connectivity index (χ3n) is 2.56. The zero-order chi connectivity index (χ0) is 11.4. The Labute approximate surface area is 94.6 Å². The Morgan fingerprint density at radius 3 is 3.06 bits per heavy atom. The van der Waals surface area contributed by atoms with Gasteiger partial charge in [0.25, 0.3) is 0 Å². The van der Waals surface area contributed by atoms with Gasteiger partial charge in [-0.25, -0.2) is 4.39 Å². The molecule has 0 amide bonds. The molecule has 2 rings (SSSR count). The fourth-order valence-corrected chi connectivity index (χ4v) is 1.74. The molecule has 0 bridgehead atoms. The first-order chi connectivity index (χ1) is 7.79. The Morgan fingerprint density at radius 1 is 1.56 bits per heavy atom. The van der Waals surface area contributed by atoms with Gasteiger partial charge in [0.15, 0.2) is 11.6 Å². The van der Waals surface area contributed by atoms with Crippen LogP contribution in [0.25, 0.3) is 0 Å². The van der Waals surface area contributed by atoms with Gasteiger partial charge in [-0.15, -0.1) is 0 Å². The molecule has 1 aliphatic heterocycles. The minimum absolute atomic E-state index is 0.00958. The quantitative estimate of drug-likeness (QED) is 0.846. The molecule has 1 atom stereocenters. The Balaban J connectivity index is 2.03. The number of hydrogen-bond acceptors (Lipinski definition) is 3. The molecule has 0 saturated carbocycles. The maximum absolute atomic E-state index is 13.6. The van der Waals surface area contributed by atoms with Crippen LogP contribution in [0.3, 0.4) is 0 Å². The average Bonchev–Trinajstić information content (AvgIpc) is 2.75. The molecule has 0 aromatic heterocycles. The molecule has 1 aromatic rings. The first-order valence-corrected chi connectivity index (χ1v) is 5.47. The highest BCUT2D eigenvalue weighted by Gasteiger charge is 2.18. The molecule has 3 nitrogen and oxygen atoms in total. The number of halogens is 1. The highest BCUT2D eigenvalue weighted by atomic mass is 19.1. The summed E-state index contributed by atoms with van der Waals surface area (Å²) in [4.78, 5) is 0. The number of ether oxygens (including phenoxy) is 2. The number of hydrogen-bond donors (Lipinski definition) is 1. The Bertz CT molecular complexity index is 351. The normalized spacial score (nSPS) is 20.0. The van der Waals surface area contributed by atoms with Crippen molar-refractivity contribution in [1.82, 2.24) is 5.32 Å². The van der Waals surface area contributed by atoms with E-state index in [4.69, 9.17) is 9.47 Å². The third-order valence-corrected chi connectivity index (χ3v) is 2.56. The lowest BCUT2D eigenvalue weighted by molar-refractivity contribution is 0.138. The molecule has 0 radical (unpaired) electrons. The summed E-state index contributed by atoms with van der Waals surface area (Å²) < 4.78 is 24.3. The van der Waals surface area contributed by atoms with Gasteiger partial charge in [-0.05, 0) is 24.7 Å². The first kappa shape index (κ1) is 11.4. The number of benzene rings is 1. The highest BCUT2D eigenvalue weighted by Crippen LogP contribution is 2.21. The summed E-state index contributed by atoms with van der Waals surface area (Å²) in [5, 5.41) is 2.98. The summed E-state index contributed by atoms with van der Waals surface area (Å²) in [7, 11) is 1.83. The van der Waals surface area contributed by atoms with Crippen molar-refractivity contribution in [2.24, 2.45) is 0 Å². The smallest absolute Gasteiger partial charge is 0.165 e. The van der Waals surface area contributed by atoms with E-state index in [9.17, 15) is 4.39 Å². The second-order valence-corrected chi connectivity index (χ2v) is 3.90. The molecule has 88 valence electrons. The van der Waals surface area contributed by atoms with Gasteiger partial charge in [0.2, 0.25) is 0 Å². The van der Waals surface area contributed by atoms with E-state index in [1.807, 2.05) is 13.1 Å². The van der Waals surface area contributed by atoms with Crippen molar-refractivity contribution in [1.29, 1.82) is 0 Å². The fraction of sp³-hybridized carbons (Fsp3) is 0.500. The van der Waals surface area contributed by atoms with Gasteiger partial charge in [-0.2, -0.15) is 0 Å². The average molecular weight is 225 g/mol. The molecule has 1 heterocycles. The Hall–Kier alpha value is -1.13. The summed E-state index contributed by atoms with van der Waals surface area (Å²) in [6.45, 7) is 1.91. The lowest BCUT2D eigenvalue weighted by Crippen LogP contribution is -2.16. The zero-order valence-corrected chi connectivity index (χ0v) is 9.33. The molecule has 0 spiro atoms. The second-order valence-electron chi connectivity index (χ2n) is 3.90. The Morgan fingerprint density at radius 2 is 2.44 bits per heavy atom. The van der Waals surface area contributed by atoms with Gasteiger partial charge in [-0.1, -0.05) is 6.07 Å². The van der Waals surface area contributed by atoms with Gasteiger partial charge in [-0.3, -0.25) is 0 Å². The van der Waals surface area contributed by atoms with Crippen LogP contribution < -0.4 is 10.1 Å². The van der Waals surface area contributed by atoms with Gasteiger partial charge in [0.05, 0.1) is 13.2 Å². The summed E-state index contributed by atoms with van der Waals surface area (Å²) in [6, 6.07) is 5.05. The van der Waals surface area contributed by atoms with Crippen LogP contribution in [0, 0.1) is 5.82 Å². The maximum Gasteiger partial charge on any atom is 0.165 e. The third kappa shape index (κ3) is 2.71. The van der Waals surface area contributed by atoms with Crippen molar-refractivity contribution in [3.63, 3.8) is 0 Å². The summed E-state index contributed by atoms with van der Waals surface area (Å²) in [5.74, 6) is 0.00926. The van der Waals surface area contributed by atoms with Crippen molar-refractivity contribution in [3.8, 4) is 5.75 Å². The SMILES string of the molecule is CNCc1ccc(OC2CCOC2)c(F)c1.